The number of hydrogen-bond acceptors (Lipinski definition) is 6. The van der Waals surface area contributed by atoms with Crippen LogP contribution in [0.15, 0.2) is 58.5 Å². The third-order valence-electron chi connectivity index (χ3n) is 4.19. The van der Waals surface area contributed by atoms with E-state index in [1.807, 2.05) is 5.38 Å². The number of aromatic nitrogens is 1. The molecule has 0 radical (unpaired) electrons. The molecule has 1 aromatic carbocycles. The molecule has 4 aromatic rings. The van der Waals surface area contributed by atoms with E-state index in [-0.39, 0.29) is 17.6 Å². The lowest BCUT2D eigenvalue weighted by molar-refractivity contribution is 0.0995. The van der Waals surface area contributed by atoms with Gasteiger partial charge in [0.15, 0.2) is 10.9 Å². The second kappa shape index (κ2) is 8.02. The Bertz CT molecular complexity index is 1160. The topological polar surface area (TPSA) is 84.2 Å². The lowest BCUT2D eigenvalue weighted by Gasteiger charge is -2.05. The minimum atomic E-state index is -0.346. The van der Waals surface area contributed by atoms with Crippen molar-refractivity contribution >= 4 is 45.3 Å². The number of benzene rings is 1. The summed E-state index contributed by atoms with van der Waals surface area (Å²) in [5.74, 6) is -0.378. The number of furan rings is 1. The number of thiazole rings is 1. The Morgan fingerprint density at radius 3 is 2.48 bits per heavy atom. The molecule has 0 unspecified atom stereocenters. The van der Waals surface area contributed by atoms with Gasteiger partial charge in [-0.05, 0) is 56.3 Å². The van der Waals surface area contributed by atoms with Gasteiger partial charge in [-0.15, -0.1) is 22.7 Å². The van der Waals surface area contributed by atoms with Crippen LogP contribution in [0.4, 0.5) is 10.8 Å². The van der Waals surface area contributed by atoms with Gasteiger partial charge in [-0.2, -0.15) is 0 Å². The molecule has 0 aliphatic heterocycles. The summed E-state index contributed by atoms with van der Waals surface area (Å²) in [7, 11) is 0. The fourth-order valence-corrected chi connectivity index (χ4v) is 4.45. The Morgan fingerprint density at radius 1 is 1.03 bits per heavy atom. The van der Waals surface area contributed by atoms with Crippen LogP contribution in [0, 0.1) is 13.8 Å². The van der Waals surface area contributed by atoms with E-state index >= 15 is 0 Å². The number of rotatable bonds is 5. The van der Waals surface area contributed by atoms with Crippen LogP contribution in [0.2, 0.25) is 0 Å². The van der Waals surface area contributed by atoms with E-state index in [0.717, 1.165) is 11.3 Å². The van der Waals surface area contributed by atoms with Gasteiger partial charge in [0.2, 0.25) is 0 Å². The molecule has 6 nitrogen and oxygen atoms in total. The molecule has 0 spiro atoms. The number of anilines is 2. The molecule has 3 heterocycles. The molecule has 0 aliphatic carbocycles. The number of hydrogen-bond donors (Lipinski definition) is 2. The molecule has 3 aromatic heterocycles. The first-order valence-corrected chi connectivity index (χ1v) is 10.5. The van der Waals surface area contributed by atoms with Crippen molar-refractivity contribution in [1.82, 2.24) is 4.98 Å². The van der Waals surface area contributed by atoms with Crippen molar-refractivity contribution in [2.24, 2.45) is 0 Å². The van der Waals surface area contributed by atoms with Crippen LogP contribution >= 0.6 is 22.7 Å². The first kappa shape index (κ1) is 19.1. The number of carbonyl (C=O) groups is 2. The predicted octanol–water partition coefficient (Wildman–Crippen LogP) is 5.59. The fraction of sp³-hybridized carbons (Fsp3) is 0.0952. The quantitative estimate of drug-likeness (QED) is 0.438. The molecular formula is C21H17N3O3S2. The third-order valence-corrected chi connectivity index (χ3v) is 5.92. The molecule has 0 aliphatic rings. The minimum Gasteiger partial charge on any atom is -0.459 e. The number of thiophene rings is 1. The van der Waals surface area contributed by atoms with Gasteiger partial charge >= 0.3 is 0 Å². The van der Waals surface area contributed by atoms with Crippen molar-refractivity contribution in [2.45, 2.75) is 13.8 Å². The molecular weight excluding hydrogens is 406 g/mol. The zero-order valence-electron chi connectivity index (χ0n) is 15.7. The normalized spacial score (nSPS) is 10.7. The minimum absolute atomic E-state index is 0.224. The summed E-state index contributed by atoms with van der Waals surface area (Å²) in [4.78, 5) is 31.5. The number of nitrogens with zero attached hydrogens (tertiary/aromatic N) is 1. The van der Waals surface area contributed by atoms with Crippen LogP contribution in [-0.2, 0) is 0 Å². The van der Waals surface area contributed by atoms with Gasteiger partial charge in [0, 0.05) is 31.9 Å². The van der Waals surface area contributed by atoms with Crippen molar-refractivity contribution in [2.75, 3.05) is 10.6 Å². The summed E-state index contributed by atoms with van der Waals surface area (Å²) >= 11 is 3.12. The smallest absolute Gasteiger partial charge is 0.291 e. The number of amides is 2. The Balaban J connectivity index is 1.41. The largest absolute Gasteiger partial charge is 0.459 e. The standard InChI is InChI=1S/C21H17N3O3S2/c1-12-10-16(13(2)29-12)17-11-28-21(23-17)24-19(25)14-5-7-15(8-6-14)22-20(26)18-4-3-9-27-18/h3-11H,1-2H3,(H,22,26)(H,23,24,25). The highest BCUT2D eigenvalue weighted by molar-refractivity contribution is 7.14. The molecule has 0 saturated carbocycles. The maximum atomic E-state index is 12.5. The first-order chi connectivity index (χ1) is 14.0. The zero-order valence-corrected chi connectivity index (χ0v) is 17.3. The summed E-state index contributed by atoms with van der Waals surface area (Å²) in [6.45, 7) is 4.13. The van der Waals surface area contributed by atoms with E-state index < -0.39 is 0 Å². The number of nitrogens with one attached hydrogen (secondary N) is 2. The van der Waals surface area contributed by atoms with Gasteiger partial charge in [0.25, 0.3) is 11.8 Å². The van der Waals surface area contributed by atoms with Gasteiger partial charge < -0.3 is 9.73 Å². The van der Waals surface area contributed by atoms with Crippen LogP contribution in [-0.4, -0.2) is 16.8 Å². The van der Waals surface area contributed by atoms with Crippen LogP contribution in [0.3, 0.4) is 0 Å². The maximum Gasteiger partial charge on any atom is 0.291 e. The Kier molecular flexibility index (Phi) is 5.28. The molecule has 29 heavy (non-hydrogen) atoms. The monoisotopic (exact) mass is 423 g/mol. The molecule has 2 amide bonds. The fourth-order valence-electron chi connectivity index (χ4n) is 2.81. The van der Waals surface area contributed by atoms with Crippen molar-refractivity contribution in [1.29, 1.82) is 0 Å². The maximum absolute atomic E-state index is 12.5. The molecule has 8 heteroatoms. The lowest BCUT2D eigenvalue weighted by atomic mass is 10.2. The Hall–Kier alpha value is -3.23. The highest BCUT2D eigenvalue weighted by Crippen LogP contribution is 2.32. The Labute approximate surface area is 175 Å². The van der Waals surface area contributed by atoms with Crippen molar-refractivity contribution in [3.63, 3.8) is 0 Å². The van der Waals surface area contributed by atoms with Crippen molar-refractivity contribution in [3.8, 4) is 11.3 Å². The second-order valence-corrected chi connectivity index (χ2v) is 8.65. The second-order valence-electron chi connectivity index (χ2n) is 6.33. The van der Waals surface area contributed by atoms with E-state index in [4.69, 9.17) is 4.42 Å². The average Bonchev–Trinajstić information content (AvgIpc) is 3.44. The summed E-state index contributed by atoms with van der Waals surface area (Å²) in [5.41, 5.74) is 3.01. The predicted molar refractivity (Wildman–Crippen MR) is 116 cm³/mol. The van der Waals surface area contributed by atoms with Gasteiger partial charge in [-0.3, -0.25) is 14.9 Å². The summed E-state index contributed by atoms with van der Waals surface area (Å²) < 4.78 is 5.06. The SMILES string of the molecule is Cc1cc(-c2csc(NC(=O)c3ccc(NC(=O)c4ccco4)cc3)n2)c(C)s1. The van der Waals surface area contributed by atoms with E-state index in [1.165, 1.54) is 27.4 Å². The van der Waals surface area contributed by atoms with Crippen LogP contribution in [0.25, 0.3) is 11.3 Å². The van der Waals surface area contributed by atoms with E-state index in [9.17, 15) is 9.59 Å². The highest BCUT2D eigenvalue weighted by atomic mass is 32.1. The van der Waals surface area contributed by atoms with Gasteiger partial charge in [-0.1, -0.05) is 0 Å². The molecule has 0 atom stereocenters. The Morgan fingerprint density at radius 2 is 1.83 bits per heavy atom. The third kappa shape index (κ3) is 4.28. The van der Waals surface area contributed by atoms with E-state index in [0.29, 0.717) is 16.4 Å². The summed E-state index contributed by atoms with van der Waals surface area (Å²) in [6, 6.07) is 12.0. The lowest BCUT2D eigenvalue weighted by Crippen LogP contribution is -2.13. The highest BCUT2D eigenvalue weighted by Gasteiger charge is 2.13. The molecule has 0 fully saturated rings. The molecule has 146 valence electrons. The average molecular weight is 424 g/mol. The number of carbonyl (C=O) groups excluding carboxylic acids is 2. The van der Waals surface area contributed by atoms with Gasteiger partial charge in [0.1, 0.15) is 0 Å². The molecule has 4 rings (SSSR count). The van der Waals surface area contributed by atoms with E-state index in [2.05, 4.69) is 35.5 Å². The van der Waals surface area contributed by atoms with Crippen molar-refractivity contribution in [3.05, 3.63) is 75.2 Å². The van der Waals surface area contributed by atoms with E-state index in [1.54, 1.807) is 47.7 Å². The van der Waals surface area contributed by atoms with Gasteiger partial charge in [0.05, 0.1) is 12.0 Å². The molecule has 0 bridgehead atoms. The van der Waals surface area contributed by atoms with Crippen molar-refractivity contribution < 1.29 is 14.0 Å². The number of aryl methyl sites for hydroxylation is 2. The summed E-state index contributed by atoms with van der Waals surface area (Å²) in [6.07, 6.45) is 1.44. The molecule has 2 N–H and O–H groups in total. The summed E-state index contributed by atoms with van der Waals surface area (Å²) in [5, 5.41) is 8.03. The van der Waals surface area contributed by atoms with Crippen LogP contribution < -0.4 is 10.6 Å². The first-order valence-electron chi connectivity index (χ1n) is 8.79. The van der Waals surface area contributed by atoms with Gasteiger partial charge in [-0.25, -0.2) is 4.98 Å². The van der Waals surface area contributed by atoms with Crippen LogP contribution in [0.5, 0.6) is 0 Å². The zero-order chi connectivity index (χ0) is 20.4. The van der Waals surface area contributed by atoms with Crippen LogP contribution in [0.1, 0.15) is 30.7 Å². The molecule has 0 saturated heterocycles.